The van der Waals surface area contributed by atoms with Crippen LogP contribution in [0.5, 0.6) is 5.75 Å². The van der Waals surface area contributed by atoms with Crippen molar-refractivity contribution in [2.45, 2.75) is 82.5 Å². The van der Waals surface area contributed by atoms with Crippen molar-refractivity contribution in [3.8, 4) is 17.1 Å². The fourth-order valence-corrected chi connectivity index (χ4v) is 8.94. The van der Waals surface area contributed by atoms with Crippen LogP contribution < -0.4 is 26.0 Å². The summed E-state index contributed by atoms with van der Waals surface area (Å²) in [5.74, 6) is 1.16. The second-order valence-electron chi connectivity index (χ2n) is 17.8. The van der Waals surface area contributed by atoms with Crippen LogP contribution in [0.3, 0.4) is 0 Å². The highest BCUT2D eigenvalue weighted by atomic mass is 16.5. The Balaban J connectivity index is 0.693. The number of aromatic amines is 1. The van der Waals surface area contributed by atoms with Crippen molar-refractivity contribution in [3.05, 3.63) is 119 Å². The summed E-state index contributed by atoms with van der Waals surface area (Å²) < 4.78 is 17.7. The molecule has 3 aliphatic rings. The van der Waals surface area contributed by atoms with E-state index >= 15 is 0 Å². The van der Waals surface area contributed by atoms with E-state index < -0.39 is 17.5 Å². The lowest BCUT2D eigenvalue weighted by Gasteiger charge is -2.40. The normalized spacial score (nSPS) is 17.4. The number of fused-ring (bicyclic) bond motifs is 1. The second kappa shape index (κ2) is 22.9. The summed E-state index contributed by atoms with van der Waals surface area (Å²) in [5.41, 5.74) is 5.07. The van der Waals surface area contributed by atoms with Crippen molar-refractivity contribution in [1.82, 2.24) is 40.6 Å². The summed E-state index contributed by atoms with van der Waals surface area (Å²) in [4.78, 5) is 62.1. The molecule has 5 N–H and O–H groups in total. The van der Waals surface area contributed by atoms with E-state index in [0.717, 1.165) is 91.3 Å². The number of ether oxygens (including phenoxy) is 3. The third kappa shape index (κ3) is 12.1. The molecule has 68 heavy (non-hydrogen) atoms. The van der Waals surface area contributed by atoms with Crippen molar-refractivity contribution < 1.29 is 33.4 Å². The van der Waals surface area contributed by atoms with E-state index in [0.29, 0.717) is 69.5 Å². The molecule has 0 spiro atoms. The maximum absolute atomic E-state index is 13.6. The molecule has 1 unspecified atom stereocenters. The molecule has 3 aromatic carbocycles. The summed E-state index contributed by atoms with van der Waals surface area (Å²) in [6.45, 7) is 7.61. The van der Waals surface area contributed by atoms with Gasteiger partial charge in [0.15, 0.2) is 11.6 Å². The van der Waals surface area contributed by atoms with Gasteiger partial charge in [-0.05, 0) is 119 Å². The predicted octanol–water partition coefficient (Wildman–Crippen LogP) is 6.24. The number of piperidine rings is 2. The number of hydrogen-bond donors (Lipinski definition) is 5. The molecule has 2 fully saturated rings. The number of carbonyl (C=O) groups excluding carboxylic acids is 4. The number of rotatable bonds is 23. The highest BCUT2D eigenvalue weighted by Crippen LogP contribution is 2.36. The minimum Gasteiger partial charge on any atom is -0.494 e. The van der Waals surface area contributed by atoms with Gasteiger partial charge in [-0.1, -0.05) is 24.3 Å². The van der Waals surface area contributed by atoms with Gasteiger partial charge in [0.25, 0.3) is 11.8 Å². The predicted molar refractivity (Wildman–Crippen MR) is 257 cm³/mol. The number of carbonyl (C=O) groups is 4. The Morgan fingerprint density at radius 3 is 2.46 bits per heavy atom. The second-order valence-corrected chi connectivity index (χ2v) is 17.8. The SMILES string of the molecule is C[C@@H](NC(=O)c1cccc(NC2(c3nnc(-c4ccncc4)[nH]3)CCN(C)CC2)c1)c1cccc(OCCCCCOCCCOCCNc2cccc3c2CN(C2CCC(=O)NC2=O)C3=O)c1. The van der Waals surface area contributed by atoms with E-state index in [-0.39, 0.29) is 30.2 Å². The van der Waals surface area contributed by atoms with Gasteiger partial charge in [0.05, 0.1) is 24.8 Å². The maximum Gasteiger partial charge on any atom is 0.255 e. The number of nitrogens with one attached hydrogen (secondary N) is 5. The van der Waals surface area contributed by atoms with Crippen molar-refractivity contribution in [3.63, 3.8) is 0 Å². The van der Waals surface area contributed by atoms with Gasteiger partial charge in [-0.25, -0.2) is 0 Å². The lowest BCUT2D eigenvalue weighted by Crippen LogP contribution is -2.52. The number of pyridine rings is 1. The van der Waals surface area contributed by atoms with Crippen LogP contribution in [0.25, 0.3) is 11.4 Å². The fraction of sp³-hybridized carbons (Fsp3) is 0.431. The molecule has 2 atom stereocenters. The lowest BCUT2D eigenvalue weighted by atomic mass is 9.86. The molecule has 17 heteroatoms. The molecule has 0 saturated carbocycles. The van der Waals surface area contributed by atoms with Crippen molar-refractivity contribution in [2.75, 3.05) is 70.3 Å². The average molecular weight is 927 g/mol. The molecule has 8 rings (SSSR count). The number of imide groups is 1. The number of nitrogens with zero attached hydrogens (tertiary/aromatic N) is 5. The van der Waals surface area contributed by atoms with Crippen LogP contribution in [0, 0.1) is 0 Å². The van der Waals surface area contributed by atoms with Crippen LogP contribution in [-0.4, -0.2) is 119 Å². The van der Waals surface area contributed by atoms with Gasteiger partial charge in [-0.15, -0.1) is 10.2 Å². The maximum atomic E-state index is 13.6. The molecule has 5 heterocycles. The van der Waals surface area contributed by atoms with Gasteiger partial charge in [0.2, 0.25) is 11.8 Å². The number of aromatic nitrogens is 4. The van der Waals surface area contributed by atoms with E-state index in [1.54, 1.807) is 23.4 Å². The van der Waals surface area contributed by atoms with Crippen LogP contribution >= 0.6 is 0 Å². The molecule has 358 valence electrons. The number of likely N-dealkylation sites (tertiary alicyclic amines) is 1. The van der Waals surface area contributed by atoms with Crippen LogP contribution in [0.2, 0.25) is 0 Å². The Bertz CT molecular complexity index is 2510. The molecule has 3 aliphatic heterocycles. The monoisotopic (exact) mass is 926 g/mol. The van der Waals surface area contributed by atoms with Crippen molar-refractivity contribution in [2.24, 2.45) is 0 Å². The summed E-state index contributed by atoms with van der Waals surface area (Å²) in [6, 6.07) is 24.0. The molecule has 0 aliphatic carbocycles. The molecule has 4 amide bonds. The molecule has 0 radical (unpaired) electrons. The van der Waals surface area contributed by atoms with Gasteiger partial charge >= 0.3 is 0 Å². The quantitative estimate of drug-likeness (QED) is 0.0364. The summed E-state index contributed by atoms with van der Waals surface area (Å²) in [5, 5.41) is 21.7. The summed E-state index contributed by atoms with van der Waals surface area (Å²) >= 11 is 0. The van der Waals surface area contributed by atoms with Crippen molar-refractivity contribution >= 4 is 35.0 Å². The molecule has 2 aromatic heterocycles. The van der Waals surface area contributed by atoms with E-state index in [4.69, 9.17) is 14.2 Å². The Morgan fingerprint density at radius 1 is 0.868 bits per heavy atom. The van der Waals surface area contributed by atoms with Crippen LogP contribution in [0.15, 0.2) is 91.3 Å². The third-order valence-electron chi connectivity index (χ3n) is 12.9. The summed E-state index contributed by atoms with van der Waals surface area (Å²) in [7, 11) is 2.12. The van der Waals surface area contributed by atoms with Gasteiger partial charge in [-0.3, -0.25) is 29.5 Å². The van der Waals surface area contributed by atoms with Crippen molar-refractivity contribution in [1.29, 1.82) is 0 Å². The average Bonchev–Trinajstić information content (AvgIpc) is 3.99. The van der Waals surface area contributed by atoms with Crippen LogP contribution in [-0.2, 0) is 31.1 Å². The number of H-pyrrole nitrogens is 1. The minimum absolute atomic E-state index is 0.164. The zero-order chi connectivity index (χ0) is 47.3. The Morgan fingerprint density at radius 2 is 1.63 bits per heavy atom. The van der Waals surface area contributed by atoms with Gasteiger partial charge in [0.1, 0.15) is 11.8 Å². The fourth-order valence-electron chi connectivity index (χ4n) is 8.94. The standard InChI is InChI=1S/C51H62N10O7/c1-35(54-47(63)38-11-6-12-39(32-38)57-51(20-25-60(2)26-21-51)50-56-46(58-59-50)36-18-22-52-23-19-36)37-10-7-13-40(33-37)68-30-5-3-4-27-66-28-9-29-67-31-24-53-43-15-8-14-41-42(43)34-61(49(41)65)44-16-17-45(62)55-48(44)64/h6-8,10-15,18-19,22-23,32-33,35,44,53,57H,3-5,9,16-17,20-21,24-31,34H2,1-2H3,(H,54,63)(H,55,62,64)(H,56,58,59)/t35-,44?/m1/s1. The first-order valence-electron chi connectivity index (χ1n) is 23.8. The molecular weight excluding hydrogens is 865 g/mol. The highest BCUT2D eigenvalue weighted by Gasteiger charge is 2.41. The van der Waals surface area contributed by atoms with E-state index in [2.05, 4.69) is 53.4 Å². The first-order chi connectivity index (χ1) is 33.2. The summed E-state index contributed by atoms with van der Waals surface area (Å²) in [6.07, 6.45) is 9.27. The number of amides is 4. The molecule has 0 bridgehead atoms. The Kier molecular flexibility index (Phi) is 16.1. The Labute approximate surface area is 397 Å². The number of anilines is 2. The van der Waals surface area contributed by atoms with E-state index in [1.807, 2.05) is 79.7 Å². The van der Waals surface area contributed by atoms with Gasteiger partial charge in [0, 0.05) is 98.4 Å². The van der Waals surface area contributed by atoms with Gasteiger partial charge < -0.3 is 44.9 Å². The number of hydrogen-bond acceptors (Lipinski definition) is 13. The van der Waals surface area contributed by atoms with Crippen LogP contribution in [0.4, 0.5) is 11.4 Å². The van der Waals surface area contributed by atoms with E-state index in [9.17, 15) is 19.2 Å². The minimum atomic E-state index is -0.639. The molecule has 5 aromatic rings. The first kappa shape index (κ1) is 47.8. The zero-order valence-corrected chi connectivity index (χ0v) is 38.9. The number of benzene rings is 3. The topological polar surface area (TPSA) is 205 Å². The Hall–Kier alpha value is -6.69. The lowest BCUT2D eigenvalue weighted by molar-refractivity contribution is -0.136. The number of unbranched alkanes of at least 4 members (excludes halogenated alkanes) is 2. The molecule has 2 saturated heterocycles. The van der Waals surface area contributed by atoms with E-state index in [1.165, 1.54) is 0 Å². The van der Waals surface area contributed by atoms with Gasteiger partial charge in [-0.2, -0.15) is 0 Å². The largest absolute Gasteiger partial charge is 0.494 e. The zero-order valence-electron chi connectivity index (χ0n) is 38.9. The first-order valence-corrected chi connectivity index (χ1v) is 23.8. The highest BCUT2D eigenvalue weighted by molar-refractivity contribution is 6.06. The molecular formula is C51H62N10O7. The smallest absolute Gasteiger partial charge is 0.255 e. The third-order valence-corrected chi connectivity index (χ3v) is 12.9. The van der Waals surface area contributed by atoms with Crippen LogP contribution in [0.1, 0.15) is 102 Å². The molecule has 17 nitrogen and oxygen atoms in total.